The number of nitrogens with zero attached hydrogens (tertiary/aromatic N) is 4. The fourth-order valence-electron chi connectivity index (χ4n) is 1.85. The monoisotopic (exact) mass is 251 g/mol. The molecule has 0 aliphatic heterocycles. The topological polar surface area (TPSA) is 63.6 Å². The van der Waals surface area contributed by atoms with Gasteiger partial charge in [0, 0.05) is 6.20 Å². The van der Waals surface area contributed by atoms with E-state index in [4.69, 9.17) is 0 Å². The van der Waals surface area contributed by atoms with Crippen LogP contribution < -0.4 is 5.32 Å². The van der Waals surface area contributed by atoms with Gasteiger partial charge in [-0.1, -0.05) is 12.1 Å². The van der Waals surface area contributed by atoms with Crippen LogP contribution in [0.3, 0.4) is 0 Å². The molecular weight excluding hydrogens is 238 g/mol. The highest BCUT2D eigenvalue weighted by molar-refractivity contribution is 5.76. The molecule has 5 nitrogen and oxygen atoms in total. The highest BCUT2D eigenvalue weighted by Gasteiger charge is 2.04. The van der Waals surface area contributed by atoms with Crippen LogP contribution in [0.2, 0.25) is 0 Å². The fraction of sp³-hybridized carbons (Fsp3) is 0.143. The molecule has 0 aliphatic rings. The Bertz CT molecular complexity index is 697. The summed E-state index contributed by atoms with van der Waals surface area (Å²) in [6, 6.07) is 9.71. The zero-order valence-electron chi connectivity index (χ0n) is 10.5. The number of hydrogen-bond acceptors (Lipinski definition) is 5. The summed E-state index contributed by atoms with van der Waals surface area (Å²) < 4.78 is 0. The molecule has 94 valence electrons. The third kappa shape index (κ3) is 2.49. The third-order valence-corrected chi connectivity index (χ3v) is 2.83. The molecule has 0 unspecified atom stereocenters. The van der Waals surface area contributed by atoms with Crippen LogP contribution >= 0.6 is 0 Å². The molecule has 0 bridgehead atoms. The van der Waals surface area contributed by atoms with Gasteiger partial charge in [0.05, 0.1) is 29.0 Å². The van der Waals surface area contributed by atoms with Crippen LogP contribution in [0.5, 0.6) is 0 Å². The van der Waals surface area contributed by atoms with Crippen molar-refractivity contribution >= 4 is 16.9 Å². The average molecular weight is 251 g/mol. The first-order valence-corrected chi connectivity index (χ1v) is 6.05. The summed E-state index contributed by atoms with van der Waals surface area (Å²) in [6.45, 7) is 2.55. The number of hydrogen-bond donors (Lipinski definition) is 1. The summed E-state index contributed by atoms with van der Waals surface area (Å²) in [5.74, 6) is 0.789. The van der Waals surface area contributed by atoms with Crippen molar-refractivity contribution in [3.05, 3.63) is 54.2 Å². The van der Waals surface area contributed by atoms with Gasteiger partial charge in [0.15, 0.2) is 0 Å². The Labute approximate surface area is 110 Å². The Balaban J connectivity index is 1.86. The molecule has 3 rings (SSSR count). The minimum atomic E-state index is 0.608. The maximum atomic E-state index is 4.57. The van der Waals surface area contributed by atoms with Crippen LogP contribution in [0.1, 0.15) is 11.4 Å². The molecule has 5 heteroatoms. The van der Waals surface area contributed by atoms with Gasteiger partial charge >= 0.3 is 0 Å². The van der Waals surface area contributed by atoms with Crippen molar-refractivity contribution in [2.45, 2.75) is 13.5 Å². The zero-order chi connectivity index (χ0) is 13.1. The second-order valence-electron chi connectivity index (χ2n) is 4.20. The number of aryl methyl sites for hydroxylation is 1. The number of anilines is 1. The summed E-state index contributed by atoms with van der Waals surface area (Å²) in [5.41, 5.74) is 3.60. The van der Waals surface area contributed by atoms with Crippen LogP contribution in [-0.2, 0) is 6.54 Å². The van der Waals surface area contributed by atoms with Crippen molar-refractivity contribution in [1.29, 1.82) is 0 Å². The lowest BCUT2D eigenvalue weighted by molar-refractivity contribution is 0.989. The number of benzene rings is 1. The molecule has 0 amide bonds. The van der Waals surface area contributed by atoms with Crippen LogP contribution in [0.15, 0.2) is 42.9 Å². The zero-order valence-corrected chi connectivity index (χ0v) is 10.5. The fourth-order valence-corrected chi connectivity index (χ4v) is 1.85. The standard InChI is InChI=1S/C14H13N5/c1-10-14(16-8-11-6-7-15-9-17-11)19-13-5-3-2-4-12(13)18-10/h2-7,9H,8H2,1H3,(H,16,19). The van der Waals surface area contributed by atoms with E-state index in [9.17, 15) is 0 Å². The van der Waals surface area contributed by atoms with Gasteiger partial charge in [0.25, 0.3) is 0 Å². The van der Waals surface area contributed by atoms with E-state index < -0.39 is 0 Å². The third-order valence-electron chi connectivity index (χ3n) is 2.83. The van der Waals surface area contributed by atoms with E-state index in [1.54, 1.807) is 6.20 Å². The summed E-state index contributed by atoms with van der Waals surface area (Å²) >= 11 is 0. The van der Waals surface area contributed by atoms with Crippen molar-refractivity contribution in [3.8, 4) is 0 Å². The quantitative estimate of drug-likeness (QED) is 0.774. The molecule has 19 heavy (non-hydrogen) atoms. The van der Waals surface area contributed by atoms with Crippen LogP contribution in [0.4, 0.5) is 5.82 Å². The van der Waals surface area contributed by atoms with Gasteiger partial charge in [-0.3, -0.25) is 0 Å². The normalized spacial score (nSPS) is 10.6. The highest BCUT2D eigenvalue weighted by Crippen LogP contribution is 2.16. The maximum Gasteiger partial charge on any atom is 0.148 e. The molecule has 0 atom stereocenters. The predicted octanol–water partition coefficient (Wildman–Crippen LogP) is 2.34. The predicted molar refractivity (Wildman–Crippen MR) is 73.6 cm³/mol. The molecular formula is C14H13N5. The second-order valence-corrected chi connectivity index (χ2v) is 4.20. The number of para-hydroxylation sites is 2. The van der Waals surface area contributed by atoms with E-state index in [0.29, 0.717) is 6.54 Å². The molecule has 0 spiro atoms. The minimum absolute atomic E-state index is 0.608. The first-order chi connectivity index (χ1) is 9.33. The highest BCUT2D eigenvalue weighted by atomic mass is 15.0. The van der Waals surface area contributed by atoms with Crippen LogP contribution in [0, 0.1) is 6.92 Å². The van der Waals surface area contributed by atoms with Crippen LogP contribution in [-0.4, -0.2) is 19.9 Å². The van der Waals surface area contributed by atoms with E-state index in [1.807, 2.05) is 37.3 Å². The van der Waals surface area contributed by atoms with Gasteiger partial charge in [-0.05, 0) is 25.1 Å². The molecule has 0 saturated heterocycles. The molecule has 0 saturated carbocycles. The van der Waals surface area contributed by atoms with E-state index in [0.717, 1.165) is 28.2 Å². The Morgan fingerprint density at radius 2 is 1.84 bits per heavy atom. The Hall–Kier alpha value is -2.56. The van der Waals surface area contributed by atoms with E-state index in [1.165, 1.54) is 6.33 Å². The summed E-state index contributed by atoms with van der Waals surface area (Å²) in [7, 11) is 0. The Kier molecular flexibility index (Phi) is 3.02. The van der Waals surface area contributed by atoms with Crippen molar-refractivity contribution in [1.82, 2.24) is 19.9 Å². The molecule has 1 N–H and O–H groups in total. The summed E-state index contributed by atoms with van der Waals surface area (Å²) in [4.78, 5) is 17.2. The molecule has 1 aromatic carbocycles. The van der Waals surface area contributed by atoms with Gasteiger partial charge in [0.1, 0.15) is 12.1 Å². The minimum Gasteiger partial charge on any atom is -0.363 e. The maximum absolute atomic E-state index is 4.57. The van der Waals surface area contributed by atoms with Crippen molar-refractivity contribution in [2.24, 2.45) is 0 Å². The van der Waals surface area contributed by atoms with Gasteiger partial charge in [-0.25, -0.2) is 19.9 Å². The summed E-state index contributed by atoms with van der Waals surface area (Å²) in [6.07, 6.45) is 3.26. The van der Waals surface area contributed by atoms with Crippen molar-refractivity contribution < 1.29 is 0 Å². The first kappa shape index (κ1) is 11.5. The Morgan fingerprint density at radius 3 is 2.58 bits per heavy atom. The van der Waals surface area contributed by atoms with Gasteiger partial charge in [-0.15, -0.1) is 0 Å². The number of fused-ring (bicyclic) bond motifs is 1. The Morgan fingerprint density at radius 1 is 1.05 bits per heavy atom. The second kappa shape index (κ2) is 4.97. The van der Waals surface area contributed by atoms with E-state index in [-0.39, 0.29) is 0 Å². The molecule has 3 aromatic rings. The average Bonchev–Trinajstić information content (AvgIpc) is 2.46. The van der Waals surface area contributed by atoms with Gasteiger partial charge < -0.3 is 5.32 Å². The molecule has 0 aliphatic carbocycles. The summed E-state index contributed by atoms with van der Waals surface area (Å²) in [5, 5.41) is 3.26. The SMILES string of the molecule is Cc1nc2ccccc2nc1NCc1ccncn1. The molecule has 0 radical (unpaired) electrons. The number of rotatable bonds is 3. The number of nitrogens with one attached hydrogen (secondary N) is 1. The lowest BCUT2D eigenvalue weighted by Gasteiger charge is -2.08. The molecule has 2 heterocycles. The lowest BCUT2D eigenvalue weighted by atomic mass is 10.3. The van der Waals surface area contributed by atoms with Crippen molar-refractivity contribution in [3.63, 3.8) is 0 Å². The number of aromatic nitrogens is 4. The van der Waals surface area contributed by atoms with E-state index in [2.05, 4.69) is 25.3 Å². The lowest BCUT2D eigenvalue weighted by Crippen LogP contribution is -2.06. The van der Waals surface area contributed by atoms with E-state index >= 15 is 0 Å². The van der Waals surface area contributed by atoms with Crippen molar-refractivity contribution in [2.75, 3.05) is 5.32 Å². The van der Waals surface area contributed by atoms with Gasteiger partial charge in [0.2, 0.25) is 0 Å². The van der Waals surface area contributed by atoms with Crippen LogP contribution in [0.25, 0.3) is 11.0 Å². The molecule has 0 fully saturated rings. The molecule has 2 aromatic heterocycles. The smallest absolute Gasteiger partial charge is 0.148 e. The first-order valence-electron chi connectivity index (χ1n) is 6.05. The largest absolute Gasteiger partial charge is 0.363 e. The van der Waals surface area contributed by atoms with Gasteiger partial charge in [-0.2, -0.15) is 0 Å².